The summed E-state index contributed by atoms with van der Waals surface area (Å²) in [6.07, 6.45) is 0.549. The van der Waals surface area contributed by atoms with Crippen LogP contribution in [-0.4, -0.2) is 48.1 Å². The van der Waals surface area contributed by atoms with Crippen molar-refractivity contribution in [2.45, 2.75) is 30.6 Å². The van der Waals surface area contributed by atoms with Gasteiger partial charge in [0, 0.05) is 13.1 Å². The van der Waals surface area contributed by atoms with E-state index in [1.54, 1.807) is 25.8 Å². The largest absolute Gasteiger partial charge is 0.341 e. The fraction of sp³-hybridized carbons (Fsp3) is 0.889. The van der Waals surface area contributed by atoms with Crippen LogP contribution in [0.3, 0.4) is 0 Å². The van der Waals surface area contributed by atoms with Gasteiger partial charge in [0.1, 0.15) is 0 Å². The molecule has 1 unspecified atom stereocenters. The number of rotatable bonds is 2. The zero-order chi connectivity index (χ0) is 11.9. The number of carbonyl (C=O) groups is 1. The van der Waals surface area contributed by atoms with Gasteiger partial charge in [-0.25, -0.2) is 8.42 Å². The van der Waals surface area contributed by atoms with Crippen molar-refractivity contribution in [3.05, 3.63) is 0 Å². The fourth-order valence-corrected chi connectivity index (χ4v) is 3.72. The first-order chi connectivity index (χ1) is 6.63. The third kappa shape index (κ3) is 3.17. The van der Waals surface area contributed by atoms with Gasteiger partial charge in [-0.15, -0.1) is 0 Å². The van der Waals surface area contributed by atoms with Crippen molar-refractivity contribution in [3.8, 4) is 0 Å². The molecule has 1 saturated heterocycles. The normalized spacial score (nSPS) is 25.2. The molecule has 0 aromatic carbocycles. The minimum Gasteiger partial charge on any atom is -0.341 e. The Hall–Kier alpha value is -0.100. The molecule has 88 valence electrons. The molecule has 0 aromatic heterocycles. The predicted octanol–water partition coefficient (Wildman–Crippen LogP) is 0.805. The van der Waals surface area contributed by atoms with Crippen molar-refractivity contribution in [3.63, 3.8) is 0 Å². The Morgan fingerprint density at radius 2 is 2.00 bits per heavy atom. The molecule has 1 atom stereocenters. The summed E-state index contributed by atoms with van der Waals surface area (Å²) in [7, 11) is -1.27. The maximum atomic E-state index is 11.8. The van der Waals surface area contributed by atoms with E-state index in [0.717, 1.165) is 0 Å². The number of alkyl halides is 1. The van der Waals surface area contributed by atoms with Crippen molar-refractivity contribution in [1.82, 2.24) is 4.90 Å². The van der Waals surface area contributed by atoms with Crippen LogP contribution in [0.2, 0.25) is 0 Å². The summed E-state index contributed by atoms with van der Waals surface area (Å²) in [6, 6.07) is -0.167. The van der Waals surface area contributed by atoms with Gasteiger partial charge < -0.3 is 4.90 Å². The molecule has 1 rings (SSSR count). The second-order valence-corrected chi connectivity index (χ2v) is 8.66. The molecule has 1 aliphatic heterocycles. The highest BCUT2D eigenvalue weighted by molar-refractivity contribution is 9.10. The Balaban J connectivity index is 2.72. The molecule has 0 spiro atoms. The van der Waals surface area contributed by atoms with Crippen molar-refractivity contribution in [2.24, 2.45) is 0 Å². The van der Waals surface area contributed by atoms with Gasteiger partial charge in [0.05, 0.1) is 15.8 Å². The number of halogens is 1. The Labute approximate surface area is 99.1 Å². The molecule has 0 radical (unpaired) electrons. The highest BCUT2D eigenvalue weighted by atomic mass is 79.9. The smallest absolute Gasteiger partial charge is 0.238 e. The standard InChI is InChI=1S/C9H16BrNO3S/c1-9(2,10)8(12)11(3)7-4-5-15(13,14)6-7/h7H,4-6H2,1-3H3. The van der Waals surface area contributed by atoms with E-state index in [1.807, 2.05) is 0 Å². The Bertz CT molecular complexity index is 358. The molecular formula is C9H16BrNO3S. The lowest BCUT2D eigenvalue weighted by Gasteiger charge is -2.29. The third-order valence-electron chi connectivity index (χ3n) is 2.59. The summed E-state index contributed by atoms with van der Waals surface area (Å²) in [6.45, 7) is 3.52. The average molecular weight is 298 g/mol. The average Bonchev–Trinajstić information content (AvgIpc) is 2.42. The summed E-state index contributed by atoms with van der Waals surface area (Å²) in [5, 5.41) is 0. The molecule has 0 bridgehead atoms. The fourth-order valence-electron chi connectivity index (χ4n) is 1.67. The summed E-state index contributed by atoms with van der Waals surface area (Å²) < 4.78 is 21.9. The van der Waals surface area contributed by atoms with E-state index < -0.39 is 14.2 Å². The van der Waals surface area contributed by atoms with E-state index in [-0.39, 0.29) is 23.5 Å². The van der Waals surface area contributed by atoms with Crippen molar-refractivity contribution >= 4 is 31.7 Å². The molecule has 1 amide bonds. The molecule has 0 saturated carbocycles. The van der Waals surface area contributed by atoms with Crippen LogP contribution in [0.4, 0.5) is 0 Å². The quantitative estimate of drug-likeness (QED) is 0.709. The number of nitrogens with zero attached hydrogens (tertiary/aromatic N) is 1. The van der Waals surface area contributed by atoms with Gasteiger partial charge in [-0.1, -0.05) is 15.9 Å². The van der Waals surface area contributed by atoms with Gasteiger partial charge in [0.2, 0.25) is 5.91 Å². The van der Waals surface area contributed by atoms with Crippen LogP contribution >= 0.6 is 15.9 Å². The summed E-state index contributed by atoms with van der Waals surface area (Å²) in [5.41, 5.74) is 0. The van der Waals surface area contributed by atoms with Crippen LogP contribution in [0.25, 0.3) is 0 Å². The lowest BCUT2D eigenvalue weighted by atomic mass is 10.1. The third-order valence-corrected chi connectivity index (χ3v) is 4.67. The van der Waals surface area contributed by atoms with E-state index >= 15 is 0 Å². The number of sulfone groups is 1. The van der Waals surface area contributed by atoms with Crippen LogP contribution in [0.5, 0.6) is 0 Å². The first-order valence-corrected chi connectivity index (χ1v) is 7.41. The summed E-state index contributed by atoms with van der Waals surface area (Å²) in [5.74, 6) is 0.209. The second kappa shape index (κ2) is 4.05. The van der Waals surface area contributed by atoms with Gasteiger partial charge in [-0.3, -0.25) is 4.79 Å². The SMILES string of the molecule is CN(C(=O)C(C)(C)Br)C1CCS(=O)(=O)C1. The molecule has 1 fully saturated rings. The minimum atomic E-state index is -2.93. The Morgan fingerprint density at radius 1 is 1.47 bits per heavy atom. The second-order valence-electron chi connectivity index (χ2n) is 4.45. The molecule has 0 N–H and O–H groups in total. The lowest BCUT2D eigenvalue weighted by Crippen LogP contribution is -2.45. The maximum absolute atomic E-state index is 11.8. The Kier molecular flexibility index (Phi) is 3.50. The van der Waals surface area contributed by atoms with Crippen molar-refractivity contribution in [1.29, 1.82) is 0 Å². The topological polar surface area (TPSA) is 54.5 Å². The molecule has 0 aliphatic carbocycles. The van der Waals surface area contributed by atoms with E-state index in [0.29, 0.717) is 6.42 Å². The molecule has 1 heterocycles. The van der Waals surface area contributed by atoms with Crippen molar-refractivity contribution < 1.29 is 13.2 Å². The van der Waals surface area contributed by atoms with Gasteiger partial charge in [0.15, 0.2) is 9.84 Å². The maximum Gasteiger partial charge on any atom is 0.238 e. The molecule has 4 nitrogen and oxygen atoms in total. The molecule has 6 heteroatoms. The highest BCUT2D eigenvalue weighted by Crippen LogP contribution is 2.23. The summed E-state index contributed by atoms with van der Waals surface area (Å²) in [4.78, 5) is 13.4. The van der Waals surface area contributed by atoms with Crippen LogP contribution in [-0.2, 0) is 14.6 Å². The van der Waals surface area contributed by atoms with Crippen molar-refractivity contribution in [2.75, 3.05) is 18.6 Å². The van der Waals surface area contributed by atoms with Crippen LogP contribution < -0.4 is 0 Å². The van der Waals surface area contributed by atoms with Gasteiger partial charge in [-0.05, 0) is 20.3 Å². The van der Waals surface area contributed by atoms with E-state index in [2.05, 4.69) is 15.9 Å². The number of carbonyl (C=O) groups excluding carboxylic acids is 1. The first-order valence-electron chi connectivity index (χ1n) is 4.80. The zero-order valence-corrected chi connectivity index (χ0v) is 11.6. The predicted molar refractivity (Wildman–Crippen MR) is 62.8 cm³/mol. The van der Waals surface area contributed by atoms with Gasteiger partial charge in [-0.2, -0.15) is 0 Å². The number of hydrogen-bond donors (Lipinski definition) is 0. The minimum absolute atomic E-state index is 0.0791. The van der Waals surface area contributed by atoms with E-state index in [4.69, 9.17) is 0 Å². The zero-order valence-electron chi connectivity index (χ0n) is 9.16. The monoisotopic (exact) mass is 297 g/mol. The molecule has 0 aromatic rings. The molecule has 15 heavy (non-hydrogen) atoms. The lowest BCUT2D eigenvalue weighted by molar-refractivity contribution is -0.133. The Morgan fingerprint density at radius 3 is 2.33 bits per heavy atom. The summed E-state index contributed by atoms with van der Waals surface area (Å²) >= 11 is 3.28. The van der Waals surface area contributed by atoms with E-state index in [9.17, 15) is 13.2 Å². The van der Waals surface area contributed by atoms with Crippen LogP contribution in [0.1, 0.15) is 20.3 Å². The number of hydrogen-bond acceptors (Lipinski definition) is 3. The van der Waals surface area contributed by atoms with Gasteiger partial charge in [0.25, 0.3) is 0 Å². The van der Waals surface area contributed by atoms with Crippen LogP contribution in [0.15, 0.2) is 0 Å². The first kappa shape index (κ1) is 13.0. The van der Waals surface area contributed by atoms with Gasteiger partial charge >= 0.3 is 0 Å². The highest BCUT2D eigenvalue weighted by Gasteiger charge is 2.36. The molecular weight excluding hydrogens is 282 g/mol. The van der Waals surface area contributed by atoms with Crippen LogP contribution in [0, 0.1) is 0 Å². The molecule has 1 aliphatic rings. The van der Waals surface area contributed by atoms with E-state index in [1.165, 1.54) is 0 Å². The number of amides is 1.